The van der Waals surface area contributed by atoms with Crippen LogP contribution in [0.3, 0.4) is 0 Å². The third-order valence-electron chi connectivity index (χ3n) is 5.61. The molecule has 1 amide bonds. The van der Waals surface area contributed by atoms with Gasteiger partial charge in [0.15, 0.2) is 0 Å². The van der Waals surface area contributed by atoms with Gasteiger partial charge in [-0.3, -0.25) is 4.79 Å². The van der Waals surface area contributed by atoms with Gasteiger partial charge in [-0.15, -0.1) is 0 Å². The molecule has 1 spiro atoms. The van der Waals surface area contributed by atoms with E-state index in [0.29, 0.717) is 18.7 Å². The summed E-state index contributed by atoms with van der Waals surface area (Å²) in [7, 11) is 0. The van der Waals surface area contributed by atoms with Gasteiger partial charge in [-0.05, 0) is 57.6 Å². The van der Waals surface area contributed by atoms with Gasteiger partial charge in [-0.25, -0.2) is 0 Å². The van der Waals surface area contributed by atoms with Crippen molar-refractivity contribution in [2.45, 2.75) is 63.2 Å². The molecule has 124 valence electrons. The van der Waals surface area contributed by atoms with Gasteiger partial charge in [0.2, 0.25) is 0 Å². The molecule has 0 aromatic heterocycles. The summed E-state index contributed by atoms with van der Waals surface area (Å²) in [5, 5.41) is 0. The van der Waals surface area contributed by atoms with Crippen LogP contribution in [0, 0.1) is 0 Å². The molecular weight excluding hydrogens is 290 g/mol. The van der Waals surface area contributed by atoms with Crippen molar-refractivity contribution in [3.63, 3.8) is 0 Å². The molecule has 0 radical (unpaired) electrons. The molecule has 4 nitrogen and oxygen atoms in total. The Balaban J connectivity index is 1.55. The van der Waals surface area contributed by atoms with Crippen molar-refractivity contribution in [2.24, 2.45) is 0 Å². The van der Waals surface area contributed by atoms with E-state index in [1.54, 1.807) is 0 Å². The highest BCUT2D eigenvalue weighted by Gasteiger charge is 2.45. The highest BCUT2D eigenvalue weighted by molar-refractivity contribution is 5.97. The molecule has 3 fully saturated rings. The monoisotopic (exact) mass is 315 g/mol. The van der Waals surface area contributed by atoms with Crippen molar-refractivity contribution < 1.29 is 14.3 Å². The van der Waals surface area contributed by atoms with E-state index < -0.39 is 0 Å². The molecule has 1 saturated heterocycles. The van der Waals surface area contributed by atoms with E-state index in [1.165, 1.54) is 12.8 Å². The molecule has 23 heavy (non-hydrogen) atoms. The van der Waals surface area contributed by atoms with E-state index in [0.717, 1.165) is 31.4 Å². The van der Waals surface area contributed by atoms with Crippen LogP contribution in [-0.2, 0) is 4.74 Å². The predicted octanol–water partition coefficient (Wildman–Crippen LogP) is 3.40. The minimum Gasteiger partial charge on any atom is -0.490 e. The number of amides is 1. The number of nitrogens with zero attached hydrogens (tertiary/aromatic N) is 1. The molecule has 4 rings (SSSR count). The molecule has 1 unspecified atom stereocenters. The van der Waals surface area contributed by atoms with Crippen LogP contribution in [0.5, 0.6) is 5.75 Å². The van der Waals surface area contributed by atoms with Crippen molar-refractivity contribution in [1.82, 2.24) is 4.90 Å². The zero-order chi connectivity index (χ0) is 15.9. The summed E-state index contributed by atoms with van der Waals surface area (Å²) in [4.78, 5) is 15.1. The Morgan fingerprint density at radius 1 is 1.26 bits per heavy atom. The van der Waals surface area contributed by atoms with E-state index in [4.69, 9.17) is 9.47 Å². The fraction of sp³-hybridized carbons (Fsp3) is 0.632. The second kappa shape index (κ2) is 5.82. The van der Waals surface area contributed by atoms with Crippen LogP contribution < -0.4 is 4.74 Å². The SMILES string of the molecule is CC1COC2(CCC2)CN1C(=O)c1ccccc1OC1CCC1. The van der Waals surface area contributed by atoms with E-state index >= 15 is 0 Å². The largest absolute Gasteiger partial charge is 0.490 e. The van der Waals surface area contributed by atoms with Crippen LogP contribution in [-0.4, -0.2) is 41.7 Å². The maximum absolute atomic E-state index is 13.1. The molecule has 0 N–H and O–H groups in total. The molecule has 1 aromatic rings. The van der Waals surface area contributed by atoms with E-state index in [-0.39, 0.29) is 23.7 Å². The molecule has 2 aliphatic carbocycles. The summed E-state index contributed by atoms with van der Waals surface area (Å²) in [5.41, 5.74) is 0.619. The summed E-state index contributed by atoms with van der Waals surface area (Å²) in [6.45, 7) is 3.42. The average molecular weight is 315 g/mol. The number of carbonyl (C=O) groups excluding carboxylic acids is 1. The number of hydrogen-bond donors (Lipinski definition) is 0. The van der Waals surface area contributed by atoms with Gasteiger partial charge in [-0.2, -0.15) is 0 Å². The van der Waals surface area contributed by atoms with Gasteiger partial charge in [0, 0.05) is 0 Å². The summed E-state index contributed by atoms with van der Waals surface area (Å²) in [5.74, 6) is 0.825. The maximum atomic E-state index is 13.1. The Morgan fingerprint density at radius 2 is 2.04 bits per heavy atom. The predicted molar refractivity (Wildman–Crippen MR) is 87.7 cm³/mol. The number of morpholine rings is 1. The lowest BCUT2D eigenvalue weighted by Gasteiger charge is -2.50. The van der Waals surface area contributed by atoms with Gasteiger partial charge < -0.3 is 14.4 Å². The number of rotatable bonds is 3. The topological polar surface area (TPSA) is 38.8 Å². The first-order valence-electron chi connectivity index (χ1n) is 8.87. The standard InChI is InChI=1S/C19H25NO3/c1-14-12-22-19(10-5-11-19)13-20(14)18(21)16-8-2-3-9-17(16)23-15-6-4-7-15/h2-3,8-9,14-15H,4-7,10-13H2,1H3. The molecule has 1 atom stereocenters. The minimum absolute atomic E-state index is 0.0774. The normalized spacial score (nSPS) is 26.5. The van der Waals surface area contributed by atoms with Crippen molar-refractivity contribution in [3.8, 4) is 5.75 Å². The first-order valence-corrected chi connectivity index (χ1v) is 8.87. The van der Waals surface area contributed by atoms with Gasteiger partial charge in [-0.1, -0.05) is 12.1 Å². The third kappa shape index (κ3) is 2.74. The zero-order valence-corrected chi connectivity index (χ0v) is 13.8. The van der Waals surface area contributed by atoms with Gasteiger partial charge in [0.25, 0.3) is 5.91 Å². The van der Waals surface area contributed by atoms with E-state index in [9.17, 15) is 4.79 Å². The van der Waals surface area contributed by atoms with Crippen LogP contribution in [0.15, 0.2) is 24.3 Å². The second-order valence-corrected chi connectivity index (χ2v) is 7.30. The Morgan fingerprint density at radius 3 is 2.70 bits per heavy atom. The fourth-order valence-electron chi connectivity index (χ4n) is 3.61. The van der Waals surface area contributed by atoms with Crippen LogP contribution in [0.1, 0.15) is 55.8 Å². The number of hydrogen-bond acceptors (Lipinski definition) is 3. The quantitative estimate of drug-likeness (QED) is 0.858. The Hall–Kier alpha value is -1.55. The van der Waals surface area contributed by atoms with Gasteiger partial charge in [0.1, 0.15) is 5.75 Å². The number of para-hydroxylation sites is 1. The molecule has 4 heteroatoms. The lowest BCUT2D eigenvalue weighted by atomic mass is 9.78. The van der Waals surface area contributed by atoms with Crippen LogP contribution in [0.25, 0.3) is 0 Å². The molecule has 2 saturated carbocycles. The smallest absolute Gasteiger partial charge is 0.258 e. The zero-order valence-electron chi connectivity index (χ0n) is 13.8. The highest BCUT2D eigenvalue weighted by atomic mass is 16.5. The third-order valence-corrected chi connectivity index (χ3v) is 5.61. The molecule has 1 aromatic carbocycles. The Kier molecular flexibility index (Phi) is 3.80. The highest BCUT2D eigenvalue weighted by Crippen LogP contribution is 2.40. The van der Waals surface area contributed by atoms with E-state index in [2.05, 4.69) is 6.92 Å². The fourth-order valence-corrected chi connectivity index (χ4v) is 3.61. The first kappa shape index (κ1) is 15.0. The minimum atomic E-state index is -0.0774. The van der Waals surface area contributed by atoms with E-state index in [1.807, 2.05) is 29.2 Å². The Bertz CT molecular complexity index is 592. The number of carbonyl (C=O) groups is 1. The van der Waals surface area contributed by atoms with Gasteiger partial charge >= 0.3 is 0 Å². The molecule has 0 bridgehead atoms. The first-order chi connectivity index (χ1) is 11.2. The Labute approximate surface area is 137 Å². The number of ether oxygens (including phenoxy) is 2. The van der Waals surface area contributed by atoms with Crippen molar-refractivity contribution in [1.29, 1.82) is 0 Å². The van der Waals surface area contributed by atoms with Gasteiger partial charge in [0.05, 0.1) is 36.5 Å². The summed E-state index contributed by atoms with van der Waals surface area (Å²) >= 11 is 0. The molecule has 1 heterocycles. The summed E-state index contributed by atoms with van der Waals surface area (Å²) in [6.07, 6.45) is 7.05. The molecule has 1 aliphatic heterocycles. The van der Waals surface area contributed by atoms with Crippen LogP contribution in [0.2, 0.25) is 0 Å². The number of benzene rings is 1. The van der Waals surface area contributed by atoms with Crippen molar-refractivity contribution in [3.05, 3.63) is 29.8 Å². The maximum Gasteiger partial charge on any atom is 0.258 e. The van der Waals surface area contributed by atoms with Crippen LogP contribution >= 0.6 is 0 Å². The molecular formula is C19H25NO3. The van der Waals surface area contributed by atoms with Crippen LogP contribution in [0.4, 0.5) is 0 Å². The average Bonchev–Trinajstić information content (AvgIpc) is 2.50. The van der Waals surface area contributed by atoms with Crippen molar-refractivity contribution in [2.75, 3.05) is 13.2 Å². The lowest BCUT2D eigenvalue weighted by molar-refractivity contribution is -0.158. The molecule has 3 aliphatic rings. The van der Waals surface area contributed by atoms with Crippen molar-refractivity contribution >= 4 is 5.91 Å². The lowest BCUT2D eigenvalue weighted by Crippen LogP contribution is -2.60. The second-order valence-electron chi connectivity index (χ2n) is 7.30. The summed E-state index contributed by atoms with van der Waals surface area (Å²) < 4.78 is 12.1. The summed E-state index contributed by atoms with van der Waals surface area (Å²) in [6, 6.07) is 7.80.